The Hall–Kier alpha value is -2.08. The van der Waals surface area contributed by atoms with Crippen molar-refractivity contribution in [3.05, 3.63) is 34.2 Å². The molecule has 6 nitrogen and oxygen atoms in total. The van der Waals surface area contributed by atoms with E-state index in [4.69, 9.17) is 0 Å². The lowest BCUT2D eigenvalue weighted by Gasteiger charge is -2.13. The number of rotatable bonds is 4. The standard InChI is InChI=1S/C15H19N3O3/c1-2-17-7-6-10(8-17)9-18-12-5-3-4-11(14(19)20)13(12)16-15(18)21/h3-5,10H,2,6-9H2,1H3,(H,16,21)(H,19,20). The highest BCUT2D eigenvalue weighted by Gasteiger charge is 2.23. The molecule has 6 heteroatoms. The molecule has 1 unspecified atom stereocenters. The Labute approximate surface area is 122 Å². The van der Waals surface area contributed by atoms with Crippen molar-refractivity contribution < 1.29 is 9.90 Å². The van der Waals surface area contributed by atoms with Gasteiger partial charge in [0.1, 0.15) is 0 Å². The molecule has 0 spiro atoms. The summed E-state index contributed by atoms with van der Waals surface area (Å²) in [6.45, 7) is 5.87. The number of hydrogen-bond acceptors (Lipinski definition) is 3. The highest BCUT2D eigenvalue weighted by atomic mass is 16.4. The Morgan fingerprint density at radius 2 is 2.29 bits per heavy atom. The van der Waals surface area contributed by atoms with Crippen LogP contribution in [0.3, 0.4) is 0 Å². The van der Waals surface area contributed by atoms with Crippen molar-refractivity contribution in [1.82, 2.24) is 14.5 Å². The van der Waals surface area contributed by atoms with Gasteiger partial charge in [-0.15, -0.1) is 0 Å². The quantitative estimate of drug-likeness (QED) is 0.891. The van der Waals surface area contributed by atoms with Crippen LogP contribution in [-0.2, 0) is 6.54 Å². The van der Waals surface area contributed by atoms with Crippen molar-refractivity contribution >= 4 is 17.0 Å². The molecule has 2 aromatic rings. The van der Waals surface area contributed by atoms with E-state index in [0.717, 1.165) is 26.1 Å². The summed E-state index contributed by atoms with van der Waals surface area (Å²) in [4.78, 5) is 28.4. The predicted octanol–water partition coefficient (Wildman–Crippen LogP) is 1.37. The number of carbonyl (C=O) groups is 1. The van der Waals surface area contributed by atoms with Crippen LogP contribution < -0.4 is 5.69 Å². The average molecular weight is 289 g/mol. The van der Waals surface area contributed by atoms with Crippen molar-refractivity contribution in [2.24, 2.45) is 5.92 Å². The number of likely N-dealkylation sites (tertiary alicyclic amines) is 1. The minimum atomic E-state index is -1.02. The van der Waals surface area contributed by atoms with Crippen LogP contribution in [0.25, 0.3) is 11.0 Å². The van der Waals surface area contributed by atoms with E-state index in [0.29, 0.717) is 23.5 Å². The van der Waals surface area contributed by atoms with E-state index in [2.05, 4.69) is 16.8 Å². The first kappa shape index (κ1) is 13.9. The molecule has 1 aromatic carbocycles. The summed E-state index contributed by atoms with van der Waals surface area (Å²) in [5.74, 6) is -0.581. The van der Waals surface area contributed by atoms with Crippen LogP contribution >= 0.6 is 0 Å². The normalized spacial score (nSPS) is 19.4. The number of benzene rings is 1. The van der Waals surface area contributed by atoms with Gasteiger partial charge in [0.2, 0.25) is 0 Å². The van der Waals surface area contributed by atoms with Crippen LogP contribution in [-0.4, -0.2) is 45.2 Å². The van der Waals surface area contributed by atoms with Gasteiger partial charge >= 0.3 is 11.7 Å². The first-order valence-corrected chi connectivity index (χ1v) is 7.27. The van der Waals surface area contributed by atoms with Crippen LogP contribution in [0.1, 0.15) is 23.7 Å². The summed E-state index contributed by atoms with van der Waals surface area (Å²) in [6.07, 6.45) is 1.07. The fraction of sp³-hybridized carbons (Fsp3) is 0.467. The number of aromatic nitrogens is 2. The van der Waals surface area contributed by atoms with Gasteiger partial charge in [-0.25, -0.2) is 9.59 Å². The van der Waals surface area contributed by atoms with E-state index in [1.807, 2.05) is 0 Å². The van der Waals surface area contributed by atoms with Gasteiger partial charge in [-0.05, 0) is 37.6 Å². The Morgan fingerprint density at radius 3 is 2.95 bits per heavy atom. The van der Waals surface area contributed by atoms with Gasteiger partial charge in [0.05, 0.1) is 16.6 Å². The first-order chi connectivity index (χ1) is 10.1. The molecule has 1 aliphatic rings. The van der Waals surface area contributed by atoms with E-state index < -0.39 is 5.97 Å². The molecule has 0 amide bonds. The summed E-state index contributed by atoms with van der Waals surface area (Å²) in [5.41, 5.74) is 1.01. The Bertz CT molecular complexity index is 731. The maximum Gasteiger partial charge on any atom is 0.337 e. The van der Waals surface area contributed by atoms with Gasteiger partial charge in [-0.1, -0.05) is 13.0 Å². The lowest BCUT2D eigenvalue weighted by atomic mass is 10.1. The number of nitrogens with zero attached hydrogens (tertiary/aromatic N) is 2. The summed E-state index contributed by atoms with van der Waals surface area (Å²) in [6, 6.07) is 4.99. The Morgan fingerprint density at radius 1 is 1.48 bits per heavy atom. The second kappa shape index (κ2) is 5.37. The lowest BCUT2D eigenvalue weighted by Crippen LogP contribution is -2.24. The summed E-state index contributed by atoms with van der Waals surface area (Å²) in [7, 11) is 0. The SMILES string of the molecule is CCN1CCC(Cn2c(=O)[nH]c3c(C(=O)O)cccc32)C1. The maximum absolute atomic E-state index is 12.2. The molecule has 1 atom stereocenters. The molecule has 112 valence electrons. The third-order valence-electron chi connectivity index (χ3n) is 4.30. The number of fused-ring (bicyclic) bond motifs is 1. The van der Waals surface area contributed by atoms with Gasteiger partial charge in [0.15, 0.2) is 0 Å². The van der Waals surface area contributed by atoms with Crippen LogP contribution in [0, 0.1) is 5.92 Å². The third kappa shape index (κ3) is 2.47. The maximum atomic E-state index is 12.2. The molecule has 0 bridgehead atoms. The Balaban J connectivity index is 1.96. The highest BCUT2D eigenvalue weighted by molar-refractivity contribution is 6.00. The molecule has 1 aliphatic heterocycles. The zero-order valence-electron chi connectivity index (χ0n) is 12.0. The minimum absolute atomic E-state index is 0.143. The smallest absolute Gasteiger partial charge is 0.337 e. The molecule has 0 saturated carbocycles. The van der Waals surface area contributed by atoms with Crippen LogP contribution in [0.5, 0.6) is 0 Å². The second-order valence-corrected chi connectivity index (χ2v) is 5.59. The number of aromatic amines is 1. The fourth-order valence-corrected chi connectivity index (χ4v) is 3.15. The minimum Gasteiger partial charge on any atom is -0.478 e. The van der Waals surface area contributed by atoms with Gasteiger partial charge in [-0.3, -0.25) is 4.57 Å². The average Bonchev–Trinajstić information content (AvgIpc) is 3.04. The van der Waals surface area contributed by atoms with Crippen LogP contribution in [0.4, 0.5) is 0 Å². The number of carboxylic acids is 1. The number of nitrogens with one attached hydrogen (secondary N) is 1. The highest BCUT2D eigenvalue weighted by Crippen LogP contribution is 2.21. The molecule has 21 heavy (non-hydrogen) atoms. The predicted molar refractivity (Wildman–Crippen MR) is 79.7 cm³/mol. The molecule has 3 rings (SSSR count). The number of aromatic carboxylic acids is 1. The molecular weight excluding hydrogens is 270 g/mol. The zero-order valence-corrected chi connectivity index (χ0v) is 12.0. The largest absolute Gasteiger partial charge is 0.478 e. The van der Waals surface area contributed by atoms with Gasteiger partial charge in [0, 0.05) is 13.1 Å². The number of H-pyrrole nitrogens is 1. The van der Waals surface area contributed by atoms with E-state index in [9.17, 15) is 14.7 Å². The Kier molecular flexibility index (Phi) is 3.55. The van der Waals surface area contributed by atoms with Crippen molar-refractivity contribution in [2.75, 3.05) is 19.6 Å². The number of para-hydroxylation sites is 1. The van der Waals surface area contributed by atoms with E-state index in [1.165, 1.54) is 6.07 Å². The number of imidazole rings is 1. The van der Waals surface area contributed by atoms with Crippen LogP contribution in [0.2, 0.25) is 0 Å². The fourth-order valence-electron chi connectivity index (χ4n) is 3.15. The molecule has 1 fully saturated rings. The lowest BCUT2D eigenvalue weighted by molar-refractivity contribution is 0.0699. The van der Waals surface area contributed by atoms with Gasteiger partial charge < -0.3 is 15.0 Å². The van der Waals surface area contributed by atoms with Gasteiger partial charge in [0.25, 0.3) is 0 Å². The monoisotopic (exact) mass is 289 g/mol. The van der Waals surface area contributed by atoms with E-state index in [-0.39, 0.29) is 11.3 Å². The molecule has 1 saturated heterocycles. The molecule has 1 aromatic heterocycles. The molecule has 0 aliphatic carbocycles. The number of hydrogen-bond donors (Lipinski definition) is 2. The summed E-state index contributed by atoms with van der Waals surface area (Å²) in [5, 5.41) is 9.20. The van der Waals surface area contributed by atoms with Crippen molar-refractivity contribution in [2.45, 2.75) is 19.9 Å². The number of carboxylic acid groups (broad SMARTS) is 1. The molecular formula is C15H19N3O3. The topological polar surface area (TPSA) is 78.3 Å². The van der Waals surface area contributed by atoms with Crippen LogP contribution in [0.15, 0.2) is 23.0 Å². The first-order valence-electron chi connectivity index (χ1n) is 7.27. The van der Waals surface area contributed by atoms with Crippen molar-refractivity contribution in [3.63, 3.8) is 0 Å². The van der Waals surface area contributed by atoms with E-state index in [1.54, 1.807) is 16.7 Å². The zero-order chi connectivity index (χ0) is 15.0. The molecule has 2 heterocycles. The summed E-state index contributed by atoms with van der Waals surface area (Å²) < 4.78 is 1.67. The second-order valence-electron chi connectivity index (χ2n) is 5.59. The van der Waals surface area contributed by atoms with Crippen molar-refractivity contribution in [1.29, 1.82) is 0 Å². The molecule has 2 N–H and O–H groups in total. The van der Waals surface area contributed by atoms with Crippen molar-refractivity contribution in [3.8, 4) is 0 Å². The van der Waals surface area contributed by atoms with Gasteiger partial charge in [-0.2, -0.15) is 0 Å². The van der Waals surface area contributed by atoms with E-state index >= 15 is 0 Å². The summed E-state index contributed by atoms with van der Waals surface area (Å²) >= 11 is 0. The third-order valence-corrected chi connectivity index (χ3v) is 4.30. The molecule has 0 radical (unpaired) electrons.